The van der Waals surface area contributed by atoms with Crippen LogP contribution in [-0.2, 0) is 6.54 Å². The molecule has 2 aromatic heterocycles. The van der Waals surface area contributed by atoms with E-state index in [0.717, 1.165) is 33.3 Å². The first kappa shape index (κ1) is 17.4. The van der Waals surface area contributed by atoms with E-state index in [2.05, 4.69) is 16.0 Å². The summed E-state index contributed by atoms with van der Waals surface area (Å²) in [6.45, 7) is 2.58. The van der Waals surface area contributed by atoms with E-state index in [-0.39, 0.29) is 12.4 Å². The lowest BCUT2D eigenvalue weighted by atomic mass is 9.94. The van der Waals surface area contributed by atoms with Gasteiger partial charge in [-0.25, -0.2) is 9.37 Å². The van der Waals surface area contributed by atoms with Crippen LogP contribution in [0, 0.1) is 12.7 Å². The Morgan fingerprint density at radius 1 is 1.07 bits per heavy atom. The number of aromatic nitrogens is 3. The molecule has 2 heterocycles. The number of hydrogen-bond acceptors (Lipinski definition) is 3. The van der Waals surface area contributed by atoms with Crippen LogP contribution in [0.1, 0.15) is 12.0 Å². The van der Waals surface area contributed by atoms with Crippen LogP contribution in [-0.4, -0.2) is 26.2 Å². The Morgan fingerprint density at radius 3 is 2.67 bits per heavy atom. The highest BCUT2D eigenvalue weighted by Crippen LogP contribution is 2.35. The Bertz CT molecular complexity index is 1090. The molecule has 0 unspecified atom stereocenters. The molecule has 0 saturated heterocycles. The van der Waals surface area contributed by atoms with E-state index in [1.54, 1.807) is 31.6 Å². The predicted molar refractivity (Wildman–Crippen MR) is 105 cm³/mol. The third-order valence-corrected chi connectivity index (χ3v) is 4.77. The third-order valence-electron chi connectivity index (χ3n) is 4.77. The summed E-state index contributed by atoms with van der Waals surface area (Å²) in [7, 11) is 0. The summed E-state index contributed by atoms with van der Waals surface area (Å²) in [6, 6.07) is 13.3. The minimum absolute atomic E-state index is 0.135. The van der Waals surface area contributed by atoms with Crippen molar-refractivity contribution >= 4 is 11.0 Å². The van der Waals surface area contributed by atoms with E-state index in [1.807, 2.05) is 35.0 Å². The van der Waals surface area contributed by atoms with Gasteiger partial charge in [0.15, 0.2) is 0 Å². The number of hydrogen-bond donors (Lipinski definition) is 1. The molecule has 0 bridgehead atoms. The Morgan fingerprint density at radius 2 is 1.93 bits per heavy atom. The van der Waals surface area contributed by atoms with Crippen LogP contribution in [0.15, 0.2) is 61.2 Å². The van der Waals surface area contributed by atoms with Gasteiger partial charge in [0.1, 0.15) is 5.82 Å². The molecule has 0 aliphatic heterocycles. The summed E-state index contributed by atoms with van der Waals surface area (Å²) in [6.07, 6.45) is 5.99. The number of aliphatic hydroxyl groups is 1. The van der Waals surface area contributed by atoms with Crippen molar-refractivity contribution in [3.8, 4) is 22.3 Å². The Hall–Kier alpha value is -3.05. The smallest absolute Gasteiger partial charge is 0.126 e. The van der Waals surface area contributed by atoms with E-state index in [4.69, 9.17) is 5.11 Å². The highest BCUT2D eigenvalue weighted by molar-refractivity contribution is 5.93. The summed E-state index contributed by atoms with van der Waals surface area (Å²) in [5.41, 5.74) is 6.12. The number of imidazole rings is 1. The van der Waals surface area contributed by atoms with Crippen LogP contribution >= 0.6 is 0 Å². The second-order valence-electron chi connectivity index (χ2n) is 6.61. The normalized spacial score (nSPS) is 11.2. The average molecular weight is 361 g/mol. The highest BCUT2D eigenvalue weighted by Gasteiger charge is 2.14. The summed E-state index contributed by atoms with van der Waals surface area (Å²) < 4.78 is 16.2. The lowest BCUT2D eigenvalue weighted by Gasteiger charge is -2.12. The third kappa shape index (κ3) is 3.34. The fourth-order valence-electron chi connectivity index (χ4n) is 3.28. The molecule has 4 rings (SSSR count). The number of halogens is 1. The maximum Gasteiger partial charge on any atom is 0.126 e. The van der Waals surface area contributed by atoms with Crippen molar-refractivity contribution in [3.63, 3.8) is 0 Å². The Labute approximate surface area is 157 Å². The Kier molecular flexibility index (Phi) is 4.69. The van der Waals surface area contributed by atoms with Crippen molar-refractivity contribution in [2.45, 2.75) is 19.9 Å². The number of pyridine rings is 1. The molecular weight excluding hydrogens is 341 g/mol. The van der Waals surface area contributed by atoms with Crippen molar-refractivity contribution in [2.75, 3.05) is 6.61 Å². The maximum absolute atomic E-state index is 14.2. The standard InChI is InChI=1S/C22H20FN3O/c1-15-5-6-16(10-20(15)23)18-11-21-22(26(14-25-21)8-3-9-27)12-19(18)17-4-2-7-24-13-17/h2,4-7,10-14,27H,3,8-9H2,1H3. The minimum Gasteiger partial charge on any atom is -0.396 e. The SMILES string of the molecule is Cc1ccc(-c2cc3ncn(CCCO)c3cc2-c2cccnc2)cc1F. The molecule has 0 amide bonds. The fourth-order valence-corrected chi connectivity index (χ4v) is 3.28. The van der Waals surface area contributed by atoms with Gasteiger partial charge in [-0.05, 0) is 59.9 Å². The summed E-state index contributed by atoms with van der Waals surface area (Å²) in [5.74, 6) is -0.224. The minimum atomic E-state index is -0.224. The topological polar surface area (TPSA) is 50.9 Å². The maximum atomic E-state index is 14.2. The number of aliphatic hydroxyl groups excluding tert-OH is 1. The van der Waals surface area contributed by atoms with Crippen molar-refractivity contribution in [3.05, 3.63) is 72.6 Å². The lowest BCUT2D eigenvalue weighted by Crippen LogP contribution is -1.98. The van der Waals surface area contributed by atoms with Crippen molar-refractivity contribution in [1.29, 1.82) is 0 Å². The summed E-state index contributed by atoms with van der Waals surface area (Å²) in [4.78, 5) is 8.74. The van der Waals surface area contributed by atoms with Crippen molar-refractivity contribution < 1.29 is 9.50 Å². The van der Waals surface area contributed by atoms with Gasteiger partial charge in [-0.2, -0.15) is 0 Å². The van der Waals surface area contributed by atoms with Gasteiger partial charge in [-0.1, -0.05) is 18.2 Å². The van der Waals surface area contributed by atoms with Gasteiger partial charge in [0.05, 0.1) is 17.4 Å². The Balaban J connectivity index is 1.95. The van der Waals surface area contributed by atoms with Gasteiger partial charge in [-0.15, -0.1) is 0 Å². The zero-order valence-corrected chi connectivity index (χ0v) is 15.1. The molecule has 4 nitrogen and oxygen atoms in total. The van der Waals surface area contributed by atoms with Crippen LogP contribution < -0.4 is 0 Å². The van der Waals surface area contributed by atoms with Gasteiger partial charge in [-0.3, -0.25) is 4.98 Å². The van der Waals surface area contributed by atoms with Crippen LogP contribution in [0.2, 0.25) is 0 Å². The number of aryl methyl sites for hydroxylation is 2. The number of benzene rings is 2. The first-order valence-corrected chi connectivity index (χ1v) is 8.94. The number of fused-ring (bicyclic) bond motifs is 1. The highest BCUT2D eigenvalue weighted by atomic mass is 19.1. The van der Waals surface area contributed by atoms with E-state index in [1.165, 1.54) is 0 Å². The predicted octanol–water partition coefficient (Wildman–Crippen LogP) is 4.60. The molecule has 136 valence electrons. The van der Waals surface area contributed by atoms with E-state index in [9.17, 15) is 4.39 Å². The van der Waals surface area contributed by atoms with Crippen molar-refractivity contribution in [2.24, 2.45) is 0 Å². The van der Waals surface area contributed by atoms with Gasteiger partial charge in [0, 0.05) is 31.1 Å². The van der Waals surface area contributed by atoms with Gasteiger partial charge in [0.2, 0.25) is 0 Å². The molecule has 2 aromatic carbocycles. The molecule has 4 aromatic rings. The molecular formula is C22H20FN3O. The molecule has 0 atom stereocenters. The van der Waals surface area contributed by atoms with Gasteiger partial charge >= 0.3 is 0 Å². The zero-order chi connectivity index (χ0) is 18.8. The molecule has 5 heteroatoms. The van der Waals surface area contributed by atoms with Crippen molar-refractivity contribution in [1.82, 2.24) is 14.5 Å². The molecule has 0 aliphatic rings. The second-order valence-corrected chi connectivity index (χ2v) is 6.61. The first-order chi connectivity index (χ1) is 13.2. The quantitative estimate of drug-likeness (QED) is 0.565. The average Bonchev–Trinajstić information content (AvgIpc) is 3.10. The molecule has 0 spiro atoms. The zero-order valence-electron chi connectivity index (χ0n) is 15.1. The lowest BCUT2D eigenvalue weighted by molar-refractivity contribution is 0.280. The largest absolute Gasteiger partial charge is 0.396 e. The molecule has 0 saturated carbocycles. The van der Waals surface area contributed by atoms with Crippen LogP contribution in [0.4, 0.5) is 4.39 Å². The molecule has 0 radical (unpaired) electrons. The van der Waals surface area contributed by atoms with Crippen LogP contribution in [0.3, 0.4) is 0 Å². The fraction of sp³-hybridized carbons (Fsp3) is 0.182. The number of nitrogens with zero attached hydrogens (tertiary/aromatic N) is 3. The monoisotopic (exact) mass is 361 g/mol. The van der Waals surface area contributed by atoms with Gasteiger partial charge in [0.25, 0.3) is 0 Å². The summed E-state index contributed by atoms with van der Waals surface area (Å²) in [5, 5.41) is 9.13. The molecule has 27 heavy (non-hydrogen) atoms. The first-order valence-electron chi connectivity index (χ1n) is 8.94. The number of rotatable bonds is 5. The van der Waals surface area contributed by atoms with E-state index < -0.39 is 0 Å². The molecule has 0 aliphatic carbocycles. The molecule has 1 N–H and O–H groups in total. The summed E-state index contributed by atoms with van der Waals surface area (Å²) >= 11 is 0. The van der Waals surface area contributed by atoms with Crippen LogP contribution in [0.5, 0.6) is 0 Å². The second kappa shape index (κ2) is 7.29. The van der Waals surface area contributed by atoms with Gasteiger partial charge < -0.3 is 9.67 Å². The van der Waals surface area contributed by atoms with E-state index >= 15 is 0 Å². The van der Waals surface area contributed by atoms with Crippen LogP contribution in [0.25, 0.3) is 33.3 Å². The van der Waals surface area contributed by atoms with E-state index in [0.29, 0.717) is 18.5 Å². The molecule has 0 fully saturated rings.